The predicted octanol–water partition coefficient (Wildman–Crippen LogP) is 0.731. The maximum atomic E-state index is 11.9. The van der Waals surface area contributed by atoms with E-state index in [1.54, 1.807) is 18.5 Å². The Hall–Kier alpha value is -2.77. The lowest BCUT2D eigenvalue weighted by Crippen LogP contribution is -2.47. The third-order valence-electron chi connectivity index (χ3n) is 3.74. The molecule has 2 aromatic rings. The van der Waals surface area contributed by atoms with Gasteiger partial charge in [-0.3, -0.25) is 4.79 Å². The third-order valence-corrected chi connectivity index (χ3v) is 3.74. The van der Waals surface area contributed by atoms with Crippen LogP contribution >= 0.6 is 0 Å². The minimum absolute atomic E-state index is 0.0762. The molecule has 1 aliphatic rings. The van der Waals surface area contributed by atoms with Gasteiger partial charge in [0.25, 0.3) is 5.91 Å². The zero-order chi connectivity index (χ0) is 16.9. The second-order valence-corrected chi connectivity index (χ2v) is 5.93. The van der Waals surface area contributed by atoms with E-state index in [2.05, 4.69) is 35.3 Å². The molecule has 24 heavy (non-hydrogen) atoms. The lowest BCUT2D eigenvalue weighted by molar-refractivity contribution is 0.0937. The first-order valence-electron chi connectivity index (χ1n) is 8.05. The average molecular weight is 327 g/mol. The normalized spacial score (nSPS) is 14.8. The highest BCUT2D eigenvalue weighted by Crippen LogP contribution is 2.15. The number of aromatic nitrogens is 4. The van der Waals surface area contributed by atoms with Crippen LogP contribution in [0.3, 0.4) is 0 Å². The van der Waals surface area contributed by atoms with Crippen molar-refractivity contribution in [1.82, 2.24) is 25.5 Å². The molecule has 0 saturated carbocycles. The molecule has 126 valence electrons. The first-order valence-corrected chi connectivity index (χ1v) is 8.05. The van der Waals surface area contributed by atoms with E-state index in [-0.39, 0.29) is 11.9 Å². The van der Waals surface area contributed by atoms with E-state index in [1.165, 1.54) is 0 Å². The number of nitrogens with one attached hydrogen (secondary N) is 1. The number of anilines is 2. The van der Waals surface area contributed by atoms with Crippen molar-refractivity contribution in [2.45, 2.75) is 19.9 Å². The number of nitrogens with zero attached hydrogens (tertiary/aromatic N) is 6. The van der Waals surface area contributed by atoms with Crippen LogP contribution in [0.25, 0.3) is 0 Å². The minimum atomic E-state index is -0.199. The van der Waals surface area contributed by atoms with Crippen molar-refractivity contribution in [3.05, 3.63) is 36.3 Å². The number of hydrogen-bond donors (Lipinski definition) is 1. The van der Waals surface area contributed by atoms with E-state index in [0.717, 1.165) is 37.9 Å². The van der Waals surface area contributed by atoms with Crippen molar-refractivity contribution < 1.29 is 4.79 Å². The monoisotopic (exact) mass is 327 g/mol. The van der Waals surface area contributed by atoms with E-state index in [9.17, 15) is 4.79 Å². The summed E-state index contributed by atoms with van der Waals surface area (Å²) in [5.41, 5.74) is 0.337. The molecule has 1 N–H and O–H groups in total. The van der Waals surface area contributed by atoms with Crippen LogP contribution in [-0.2, 0) is 0 Å². The maximum absolute atomic E-state index is 11.9. The Morgan fingerprint density at radius 3 is 2.29 bits per heavy atom. The highest BCUT2D eigenvalue weighted by Gasteiger charge is 2.20. The van der Waals surface area contributed by atoms with E-state index < -0.39 is 0 Å². The molecule has 2 aromatic heterocycles. The zero-order valence-corrected chi connectivity index (χ0v) is 13.9. The second-order valence-electron chi connectivity index (χ2n) is 5.93. The summed E-state index contributed by atoms with van der Waals surface area (Å²) >= 11 is 0. The Labute approximate surface area is 140 Å². The zero-order valence-electron chi connectivity index (χ0n) is 13.9. The molecular formula is C16H21N7O. The summed E-state index contributed by atoms with van der Waals surface area (Å²) in [6.07, 6.45) is 3.50. The number of carbonyl (C=O) groups is 1. The van der Waals surface area contributed by atoms with Gasteiger partial charge in [-0.25, -0.2) is 9.97 Å². The average Bonchev–Trinajstić information content (AvgIpc) is 2.62. The molecule has 8 nitrogen and oxygen atoms in total. The smallest absolute Gasteiger partial charge is 0.271 e. The highest BCUT2D eigenvalue weighted by atomic mass is 16.2. The highest BCUT2D eigenvalue weighted by molar-refractivity contribution is 5.92. The summed E-state index contributed by atoms with van der Waals surface area (Å²) in [6, 6.07) is 5.45. The lowest BCUT2D eigenvalue weighted by Gasteiger charge is -2.35. The molecule has 8 heteroatoms. The lowest BCUT2D eigenvalue weighted by atomic mass is 10.3. The Morgan fingerprint density at radius 2 is 1.71 bits per heavy atom. The molecule has 0 unspecified atom stereocenters. The van der Waals surface area contributed by atoms with Gasteiger partial charge in [0.05, 0.1) is 0 Å². The Morgan fingerprint density at radius 1 is 1.04 bits per heavy atom. The van der Waals surface area contributed by atoms with Gasteiger partial charge in [-0.2, -0.15) is 0 Å². The Bertz CT molecular complexity index is 667. The largest absolute Gasteiger partial charge is 0.352 e. The van der Waals surface area contributed by atoms with E-state index in [4.69, 9.17) is 0 Å². The van der Waals surface area contributed by atoms with Crippen LogP contribution in [0.5, 0.6) is 0 Å². The summed E-state index contributed by atoms with van der Waals surface area (Å²) in [7, 11) is 0. The van der Waals surface area contributed by atoms with E-state index in [0.29, 0.717) is 5.69 Å². The van der Waals surface area contributed by atoms with Crippen LogP contribution in [0.2, 0.25) is 0 Å². The van der Waals surface area contributed by atoms with Gasteiger partial charge in [-0.05, 0) is 32.0 Å². The molecule has 3 rings (SSSR count). The van der Waals surface area contributed by atoms with Crippen LogP contribution in [-0.4, -0.2) is 58.3 Å². The van der Waals surface area contributed by atoms with Gasteiger partial charge < -0.3 is 15.1 Å². The molecule has 0 spiro atoms. The third kappa shape index (κ3) is 3.76. The fraction of sp³-hybridized carbons (Fsp3) is 0.438. The second kappa shape index (κ2) is 7.20. The number of piperazine rings is 1. The number of amides is 1. The van der Waals surface area contributed by atoms with Crippen LogP contribution in [0, 0.1) is 0 Å². The van der Waals surface area contributed by atoms with Crippen LogP contribution in [0.1, 0.15) is 24.3 Å². The summed E-state index contributed by atoms with van der Waals surface area (Å²) in [4.78, 5) is 24.7. The van der Waals surface area contributed by atoms with Crippen molar-refractivity contribution in [3.63, 3.8) is 0 Å². The van der Waals surface area contributed by atoms with Crippen molar-refractivity contribution in [2.75, 3.05) is 36.0 Å². The summed E-state index contributed by atoms with van der Waals surface area (Å²) in [5.74, 6) is 1.34. The quantitative estimate of drug-likeness (QED) is 0.886. The summed E-state index contributed by atoms with van der Waals surface area (Å²) in [5, 5.41) is 11.0. The molecule has 0 radical (unpaired) electrons. The fourth-order valence-corrected chi connectivity index (χ4v) is 2.54. The Kier molecular flexibility index (Phi) is 4.83. The molecule has 0 bridgehead atoms. The SMILES string of the molecule is CC(C)NC(=O)c1ccc(N2CCN(c3ncccn3)CC2)nn1. The van der Waals surface area contributed by atoms with Gasteiger partial charge in [0, 0.05) is 44.6 Å². The van der Waals surface area contributed by atoms with Crippen molar-refractivity contribution in [1.29, 1.82) is 0 Å². The van der Waals surface area contributed by atoms with Gasteiger partial charge in [0.15, 0.2) is 11.5 Å². The maximum Gasteiger partial charge on any atom is 0.271 e. The number of hydrogen-bond acceptors (Lipinski definition) is 7. The molecule has 1 fully saturated rings. The molecule has 1 amide bonds. The van der Waals surface area contributed by atoms with Crippen LogP contribution in [0.4, 0.5) is 11.8 Å². The first-order chi connectivity index (χ1) is 11.6. The fourth-order valence-electron chi connectivity index (χ4n) is 2.54. The van der Waals surface area contributed by atoms with E-state index >= 15 is 0 Å². The molecule has 0 aliphatic carbocycles. The molecule has 0 atom stereocenters. The first kappa shape index (κ1) is 16.1. The molecule has 1 aliphatic heterocycles. The van der Waals surface area contributed by atoms with Crippen molar-refractivity contribution in [2.24, 2.45) is 0 Å². The Balaban J connectivity index is 1.59. The molecular weight excluding hydrogens is 306 g/mol. The standard InChI is InChI=1S/C16H21N7O/c1-12(2)19-15(24)13-4-5-14(21-20-13)22-8-10-23(11-9-22)16-17-6-3-7-18-16/h3-7,12H,8-11H2,1-2H3,(H,19,24). The number of carbonyl (C=O) groups excluding carboxylic acids is 1. The molecule has 3 heterocycles. The molecule has 1 saturated heterocycles. The molecule has 0 aromatic carbocycles. The number of rotatable bonds is 4. The van der Waals surface area contributed by atoms with Gasteiger partial charge in [0.1, 0.15) is 0 Å². The van der Waals surface area contributed by atoms with Gasteiger partial charge >= 0.3 is 0 Å². The summed E-state index contributed by atoms with van der Waals surface area (Å²) < 4.78 is 0. The van der Waals surface area contributed by atoms with Gasteiger partial charge in [0.2, 0.25) is 5.95 Å². The van der Waals surface area contributed by atoms with Crippen molar-refractivity contribution in [3.8, 4) is 0 Å². The van der Waals surface area contributed by atoms with E-state index in [1.807, 2.05) is 26.0 Å². The van der Waals surface area contributed by atoms with Crippen LogP contribution < -0.4 is 15.1 Å². The van der Waals surface area contributed by atoms with Gasteiger partial charge in [-0.1, -0.05) is 0 Å². The van der Waals surface area contributed by atoms with Crippen LogP contribution in [0.15, 0.2) is 30.6 Å². The van der Waals surface area contributed by atoms with Gasteiger partial charge in [-0.15, -0.1) is 10.2 Å². The topological polar surface area (TPSA) is 87.1 Å². The minimum Gasteiger partial charge on any atom is -0.352 e. The van der Waals surface area contributed by atoms with Crippen molar-refractivity contribution >= 4 is 17.7 Å². The summed E-state index contributed by atoms with van der Waals surface area (Å²) in [6.45, 7) is 7.09. The predicted molar refractivity (Wildman–Crippen MR) is 91.1 cm³/mol.